The normalized spacial score (nSPS) is 14.1. The molecule has 1 heterocycles. The minimum absolute atomic E-state index is 0.0487. The molecule has 1 aliphatic carbocycles. The molecule has 4 aromatic rings. The molecule has 0 amide bonds. The number of carbonyl (C=O) groups excluding carboxylic acids is 1. The lowest BCUT2D eigenvalue weighted by atomic mass is 9.85. The highest BCUT2D eigenvalue weighted by atomic mass is 32.2. The van der Waals surface area contributed by atoms with Crippen molar-refractivity contribution in [3.8, 4) is 11.5 Å². The summed E-state index contributed by atoms with van der Waals surface area (Å²) in [5.41, 5.74) is 6.16. The van der Waals surface area contributed by atoms with Crippen molar-refractivity contribution in [1.29, 1.82) is 0 Å². The first-order valence-electron chi connectivity index (χ1n) is 12.9. The van der Waals surface area contributed by atoms with Crippen molar-refractivity contribution in [3.05, 3.63) is 106 Å². The van der Waals surface area contributed by atoms with Gasteiger partial charge < -0.3 is 4.52 Å². The first-order chi connectivity index (χ1) is 18.6. The Morgan fingerprint density at radius 1 is 0.974 bits per heavy atom. The van der Waals surface area contributed by atoms with Crippen LogP contribution in [0.3, 0.4) is 0 Å². The topological polar surface area (TPSA) is 94.5 Å². The van der Waals surface area contributed by atoms with E-state index in [0.717, 1.165) is 40.7 Å². The van der Waals surface area contributed by atoms with Gasteiger partial charge in [0.05, 0.1) is 22.6 Å². The summed E-state index contributed by atoms with van der Waals surface area (Å²) in [6, 6.07) is 17.8. The molecule has 39 heavy (non-hydrogen) atoms. The number of sulfone groups is 1. The van der Waals surface area contributed by atoms with Crippen LogP contribution in [0, 0.1) is 20.4 Å². The third-order valence-corrected chi connectivity index (χ3v) is 9.13. The first kappa shape index (κ1) is 26.5. The van der Waals surface area contributed by atoms with Crippen LogP contribution in [0.1, 0.15) is 53.4 Å². The number of aryl methyl sites for hydroxylation is 2. The van der Waals surface area contributed by atoms with E-state index in [1.807, 2.05) is 12.1 Å². The average Bonchev–Trinajstić information content (AvgIpc) is 3.54. The zero-order chi connectivity index (χ0) is 27.8. The highest BCUT2D eigenvalue weighted by molar-refractivity contribution is 7.91. The number of nitrogens with zero attached hydrogens (tertiary/aromatic N) is 3. The number of rotatable bonds is 9. The largest absolute Gasteiger partial charge is 0.334 e. The van der Waals surface area contributed by atoms with Crippen LogP contribution in [0.4, 0.5) is 5.69 Å². The maximum atomic E-state index is 12.9. The SMILES string of the molecule is [C-]#[N+]c1ccc(-c2nc(C3(c4c(C)cc(CC(=O)Cc5ccc(S(=O)(=O)CC)cc5)cc4C)CC3)no2)cc1. The van der Waals surface area contributed by atoms with Crippen molar-refractivity contribution in [3.63, 3.8) is 0 Å². The van der Waals surface area contributed by atoms with Crippen molar-refractivity contribution in [2.24, 2.45) is 0 Å². The first-order valence-corrected chi connectivity index (χ1v) is 14.6. The Balaban J connectivity index is 1.32. The number of benzene rings is 3. The summed E-state index contributed by atoms with van der Waals surface area (Å²) in [6.07, 6.45) is 2.40. The summed E-state index contributed by atoms with van der Waals surface area (Å²) in [7, 11) is -3.26. The Bertz CT molecular complexity index is 1670. The number of hydrogen-bond donors (Lipinski definition) is 0. The van der Waals surface area contributed by atoms with E-state index in [9.17, 15) is 13.2 Å². The lowest BCUT2D eigenvalue weighted by molar-refractivity contribution is -0.117. The number of Topliss-reactive ketones (excluding diaryl/α,β-unsaturated/α-hetero) is 1. The van der Waals surface area contributed by atoms with Gasteiger partial charge in [0.2, 0.25) is 0 Å². The molecule has 1 saturated carbocycles. The molecule has 1 fully saturated rings. The van der Waals surface area contributed by atoms with Crippen molar-refractivity contribution in [2.45, 2.75) is 56.8 Å². The van der Waals surface area contributed by atoms with Crippen LogP contribution in [-0.2, 0) is 32.9 Å². The molecule has 1 aromatic heterocycles. The number of aromatic nitrogens is 2. The fourth-order valence-electron chi connectivity index (χ4n) is 5.33. The van der Waals surface area contributed by atoms with Crippen molar-refractivity contribution < 1.29 is 17.7 Å². The van der Waals surface area contributed by atoms with Crippen molar-refractivity contribution in [2.75, 3.05) is 5.75 Å². The molecule has 8 heteroatoms. The van der Waals surface area contributed by atoms with Gasteiger partial charge in [-0.3, -0.25) is 4.79 Å². The van der Waals surface area contributed by atoms with Gasteiger partial charge in [0, 0.05) is 18.4 Å². The van der Waals surface area contributed by atoms with Crippen LogP contribution < -0.4 is 0 Å². The third kappa shape index (κ3) is 5.27. The van der Waals surface area contributed by atoms with Gasteiger partial charge >= 0.3 is 0 Å². The molecule has 0 radical (unpaired) electrons. The van der Waals surface area contributed by atoms with E-state index in [4.69, 9.17) is 16.1 Å². The Morgan fingerprint density at radius 3 is 2.15 bits per heavy atom. The summed E-state index contributed by atoms with van der Waals surface area (Å²) in [6.45, 7) is 12.9. The van der Waals surface area contributed by atoms with Crippen LogP contribution in [0.15, 0.2) is 70.1 Å². The average molecular weight is 540 g/mol. The van der Waals surface area contributed by atoms with Crippen molar-refractivity contribution in [1.82, 2.24) is 10.1 Å². The minimum atomic E-state index is -3.26. The van der Waals surface area contributed by atoms with Crippen LogP contribution in [-0.4, -0.2) is 30.1 Å². The summed E-state index contributed by atoms with van der Waals surface area (Å²) >= 11 is 0. The van der Waals surface area contributed by atoms with Gasteiger partial charge in [-0.1, -0.05) is 60.6 Å². The zero-order valence-electron chi connectivity index (χ0n) is 22.2. The van der Waals surface area contributed by atoms with Crippen LogP contribution in [0.2, 0.25) is 0 Å². The van der Waals surface area contributed by atoms with E-state index in [2.05, 4.69) is 36.0 Å². The molecule has 3 aromatic carbocycles. The Labute approximate surface area is 228 Å². The fourth-order valence-corrected chi connectivity index (χ4v) is 6.22. The molecule has 1 aliphatic rings. The Hall–Kier alpha value is -4.09. The molecular weight excluding hydrogens is 510 g/mol. The highest BCUT2D eigenvalue weighted by Gasteiger charge is 2.51. The van der Waals surface area contributed by atoms with Gasteiger partial charge in [0.15, 0.2) is 21.3 Å². The summed E-state index contributed by atoms with van der Waals surface area (Å²) in [5, 5.41) is 4.33. The quantitative estimate of drug-likeness (QED) is 0.238. The Morgan fingerprint density at radius 2 is 1.59 bits per heavy atom. The molecule has 0 unspecified atom stereocenters. The molecule has 0 saturated heterocycles. The van der Waals surface area contributed by atoms with Gasteiger partial charge in [-0.05, 0) is 66.6 Å². The molecule has 0 atom stereocenters. The van der Waals surface area contributed by atoms with Crippen LogP contribution >= 0.6 is 0 Å². The highest BCUT2D eigenvalue weighted by Crippen LogP contribution is 2.54. The summed E-state index contributed by atoms with van der Waals surface area (Å²) < 4.78 is 29.7. The summed E-state index contributed by atoms with van der Waals surface area (Å²) in [4.78, 5) is 21.3. The molecule has 0 spiro atoms. The van der Waals surface area contributed by atoms with E-state index < -0.39 is 9.84 Å². The van der Waals surface area contributed by atoms with E-state index in [1.54, 1.807) is 43.3 Å². The van der Waals surface area contributed by atoms with Gasteiger partial charge in [0.1, 0.15) is 5.78 Å². The Kier molecular flexibility index (Phi) is 6.96. The van der Waals surface area contributed by atoms with Gasteiger partial charge in [-0.2, -0.15) is 4.98 Å². The van der Waals surface area contributed by atoms with E-state index in [-0.39, 0.29) is 28.3 Å². The molecule has 198 valence electrons. The number of carbonyl (C=O) groups is 1. The monoisotopic (exact) mass is 539 g/mol. The van der Waals surface area contributed by atoms with Crippen LogP contribution in [0.5, 0.6) is 0 Å². The molecule has 7 nitrogen and oxygen atoms in total. The second kappa shape index (κ2) is 10.2. The summed E-state index contributed by atoms with van der Waals surface area (Å²) in [5.74, 6) is 1.22. The van der Waals surface area contributed by atoms with E-state index in [0.29, 0.717) is 23.8 Å². The van der Waals surface area contributed by atoms with E-state index >= 15 is 0 Å². The fraction of sp³-hybridized carbons (Fsp3) is 0.290. The lowest BCUT2D eigenvalue weighted by Crippen LogP contribution is -2.16. The number of ketones is 1. The standard InChI is InChI=1S/C31H29N3O4S/c1-5-39(36,37)27-12-6-22(7-13-27)18-26(35)19-23-16-20(2)28(21(3)17-23)31(14-15-31)30-33-29(38-34-30)24-8-10-25(32-4)11-9-24/h6-13,16-17H,5,14-15,18-19H2,1-3H3. The maximum Gasteiger partial charge on any atom is 0.257 e. The van der Waals surface area contributed by atoms with Gasteiger partial charge in [-0.15, -0.1) is 0 Å². The molecule has 0 bridgehead atoms. The molecule has 0 N–H and O–H groups in total. The molecule has 0 aliphatic heterocycles. The maximum absolute atomic E-state index is 12.9. The zero-order valence-corrected chi connectivity index (χ0v) is 23.0. The van der Waals surface area contributed by atoms with Gasteiger partial charge in [0.25, 0.3) is 5.89 Å². The number of hydrogen-bond acceptors (Lipinski definition) is 6. The molecular formula is C31H29N3O4S. The third-order valence-electron chi connectivity index (χ3n) is 7.38. The second-order valence-corrected chi connectivity index (χ2v) is 12.5. The van der Waals surface area contributed by atoms with Crippen LogP contribution in [0.25, 0.3) is 16.3 Å². The predicted octanol–water partition coefficient (Wildman–Crippen LogP) is 6.13. The second-order valence-electron chi connectivity index (χ2n) is 10.2. The predicted molar refractivity (Wildman–Crippen MR) is 149 cm³/mol. The smallest absolute Gasteiger partial charge is 0.257 e. The molecule has 5 rings (SSSR count). The van der Waals surface area contributed by atoms with Crippen molar-refractivity contribution >= 4 is 21.3 Å². The lowest BCUT2D eigenvalue weighted by Gasteiger charge is -2.19. The minimum Gasteiger partial charge on any atom is -0.334 e. The van der Waals surface area contributed by atoms with Gasteiger partial charge in [-0.25, -0.2) is 13.3 Å². The van der Waals surface area contributed by atoms with E-state index in [1.165, 1.54) is 5.56 Å².